The van der Waals surface area contributed by atoms with Crippen LogP contribution in [0, 0.1) is 0 Å². The Morgan fingerprint density at radius 1 is 0.516 bits per heavy atom. The molecule has 6 unspecified atom stereocenters. The molecule has 6 atom stereocenters. The zero-order chi connectivity index (χ0) is 45.0. The first-order valence-corrected chi connectivity index (χ1v) is 23.6. The van der Waals surface area contributed by atoms with Gasteiger partial charge in [-0.15, -0.1) is 0 Å². The van der Waals surface area contributed by atoms with Crippen LogP contribution in [0.5, 0.6) is 0 Å². The monoisotopic (exact) mass is 865 g/mol. The lowest BCUT2D eigenvalue weighted by Gasteiger charge is -2.39. The maximum atomic E-state index is 12.8. The molecule has 9 heteroatoms. The Labute approximate surface area is 376 Å². The Balaban J connectivity index is 2.27. The fourth-order valence-electron chi connectivity index (χ4n) is 6.25. The van der Waals surface area contributed by atoms with Crippen molar-refractivity contribution in [2.75, 3.05) is 26.4 Å². The van der Waals surface area contributed by atoms with Gasteiger partial charge in [-0.2, -0.15) is 0 Å². The summed E-state index contributed by atoms with van der Waals surface area (Å²) in [5.41, 5.74) is 0. The van der Waals surface area contributed by atoms with Crippen LogP contribution in [0.4, 0.5) is 0 Å². The van der Waals surface area contributed by atoms with Crippen LogP contribution in [0.1, 0.15) is 142 Å². The number of carbonyl (C=O) groups excluding carboxylic acids is 1. The number of ether oxygens (including phenoxy) is 4. The number of hydrogen-bond donors (Lipinski definition) is 4. The standard InChI is InChI=1S/C53H84O9/c1-3-5-7-9-11-13-15-17-18-19-20-21-22-23-24-25-26-27-28-29-31-33-35-37-39-41-43-59-45-47(46-60-53-52(58)51(57)50(56)48(44-54)62-53)61-49(55)42-40-38-36-34-32-30-16-14-12-10-8-6-4-2/h5-8,11-14,17-18,20-21,23-24,26-27,29-32,47-48,50-54,56-58H,3-4,9-10,15-16,19,22,25,28,33-46H2,1-2H3/b7-5-,8-6-,13-11-,14-12-,18-17-,21-20-,24-23-,27-26-,31-29-,32-30-. The van der Waals surface area contributed by atoms with Crippen LogP contribution in [0.3, 0.4) is 0 Å². The van der Waals surface area contributed by atoms with E-state index in [1.807, 2.05) is 0 Å². The van der Waals surface area contributed by atoms with Crippen LogP contribution < -0.4 is 0 Å². The third-order valence-electron chi connectivity index (χ3n) is 9.87. The molecule has 9 nitrogen and oxygen atoms in total. The topological polar surface area (TPSA) is 135 Å². The summed E-state index contributed by atoms with van der Waals surface area (Å²) in [6, 6.07) is 0. The van der Waals surface area contributed by atoms with E-state index in [1.54, 1.807) is 0 Å². The van der Waals surface area contributed by atoms with E-state index in [1.165, 1.54) is 0 Å². The fraction of sp³-hybridized carbons (Fsp3) is 0.604. The van der Waals surface area contributed by atoms with Gasteiger partial charge in [-0.1, -0.05) is 155 Å². The highest BCUT2D eigenvalue weighted by Gasteiger charge is 2.44. The van der Waals surface area contributed by atoms with Crippen LogP contribution >= 0.6 is 0 Å². The van der Waals surface area contributed by atoms with Crippen molar-refractivity contribution in [2.45, 2.75) is 179 Å². The molecule has 1 fully saturated rings. The number of esters is 1. The van der Waals surface area contributed by atoms with Crippen molar-refractivity contribution in [3.05, 3.63) is 122 Å². The van der Waals surface area contributed by atoms with Crippen molar-refractivity contribution < 1.29 is 44.2 Å². The molecule has 0 radical (unpaired) electrons. The van der Waals surface area contributed by atoms with Crippen molar-refractivity contribution in [2.24, 2.45) is 0 Å². The molecule has 0 spiro atoms. The molecule has 0 aliphatic carbocycles. The van der Waals surface area contributed by atoms with Gasteiger partial charge in [-0.05, 0) is 103 Å². The van der Waals surface area contributed by atoms with Crippen LogP contribution in [0.25, 0.3) is 0 Å². The zero-order valence-electron chi connectivity index (χ0n) is 38.3. The lowest BCUT2D eigenvalue weighted by molar-refractivity contribution is -0.305. The molecule has 4 N–H and O–H groups in total. The molecule has 1 aliphatic rings. The summed E-state index contributed by atoms with van der Waals surface area (Å²) in [5, 5.41) is 40.1. The van der Waals surface area contributed by atoms with Crippen molar-refractivity contribution in [3.8, 4) is 0 Å². The van der Waals surface area contributed by atoms with Crippen molar-refractivity contribution >= 4 is 5.97 Å². The molecule has 0 aromatic rings. The van der Waals surface area contributed by atoms with E-state index in [0.717, 1.165) is 116 Å². The summed E-state index contributed by atoms with van der Waals surface area (Å²) >= 11 is 0. The quantitative estimate of drug-likeness (QED) is 0.0272. The second-order valence-electron chi connectivity index (χ2n) is 15.4. The van der Waals surface area contributed by atoms with Gasteiger partial charge in [-0.3, -0.25) is 4.79 Å². The highest BCUT2D eigenvalue weighted by atomic mass is 16.7. The van der Waals surface area contributed by atoms with Crippen LogP contribution in [-0.2, 0) is 23.7 Å². The number of carbonyl (C=O) groups is 1. The zero-order valence-corrected chi connectivity index (χ0v) is 38.3. The molecule has 1 heterocycles. The maximum absolute atomic E-state index is 12.8. The van der Waals surface area contributed by atoms with Crippen LogP contribution in [0.2, 0.25) is 0 Å². The normalized spacial score (nSPS) is 20.9. The summed E-state index contributed by atoms with van der Waals surface area (Å²) in [6.45, 7) is 4.19. The largest absolute Gasteiger partial charge is 0.457 e. The number of unbranched alkanes of at least 4 members (excludes halogenated alkanes) is 7. The van der Waals surface area contributed by atoms with Crippen LogP contribution in [-0.4, -0.2) is 89.6 Å². The van der Waals surface area contributed by atoms with Gasteiger partial charge in [0.1, 0.15) is 30.5 Å². The highest BCUT2D eigenvalue weighted by Crippen LogP contribution is 2.22. The first-order valence-electron chi connectivity index (χ1n) is 23.6. The first-order chi connectivity index (χ1) is 30.4. The number of aliphatic hydroxyl groups is 4. The lowest BCUT2D eigenvalue weighted by atomic mass is 9.99. The summed E-state index contributed by atoms with van der Waals surface area (Å²) in [6.07, 6.45) is 55.2. The van der Waals surface area contributed by atoms with Crippen molar-refractivity contribution in [1.82, 2.24) is 0 Å². The average molecular weight is 865 g/mol. The van der Waals surface area contributed by atoms with E-state index in [9.17, 15) is 25.2 Å². The molecule has 0 amide bonds. The smallest absolute Gasteiger partial charge is 0.306 e. The Bertz CT molecular complexity index is 1350. The third kappa shape index (κ3) is 33.2. The third-order valence-corrected chi connectivity index (χ3v) is 9.87. The Hall–Kier alpha value is -3.41. The molecule has 0 saturated carbocycles. The Morgan fingerprint density at radius 2 is 0.935 bits per heavy atom. The summed E-state index contributed by atoms with van der Waals surface area (Å²) < 4.78 is 22.7. The first kappa shape index (κ1) is 56.6. The minimum atomic E-state index is -1.56. The minimum Gasteiger partial charge on any atom is -0.457 e. The molecular formula is C53H84O9. The highest BCUT2D eigenvalue weighted by molar-refractivity contribution is 5.69. The number of rotatable bonds is 38. The van der Waals surface area contributed by atoms with E-state index >= 15 is 0 Å². The Kier molecular flexibility index (Phi) is 39.1. The van der Waals surface area contributed by atoms with E-state index in [4.69, 9.17) is 18.9 Å². The molecule has 1 aliphatic heterocycles. The molecule has 0 bridgehead atoms. The second kappa shape index (κ2) is 42.9. The van der Waals surface area contributed by atoms with E-state index in [-0.39, 0.29) is 25.6 Å². The molecular weight excluding hydrogens is 781 g/mol. The average Bonchev–Trinajstić information content (AvgIpc) is 3.27. The molecule has 62 heavy (non-hydrogen) atoms. The second-order valence-corrected chi connectivity index (χ2v) is 15.4. The van der Waals surface area contributed by atoms with Gasteiger partial charge >= 0.3 is 5.97 Å². The Morgan fingerprint density at radius 3 is 1.39 bits per heavy atom. The predicted octanol–water partition coefficient (Wildman–Crippen LogP) is 11.1. The van der Waals surface area contributed by atoms with Crippen molar-refractivity contribution in [3.63, 3.8) is 0 Å². The predicted molar refractivity (Wildman–Crippen MR) is 256 cm³/mol. The number of aliphatic hydroxyl groups excluding tert-OH is 4. The van der Waals surface area contributed by atoms with E-state index in [2.05, 4.69) is 135 Å². The van der Waals surface area contributed by atoms with Gasteiger partial charge in [0.05, 0.1) is 19.8 Å². The number of allylic oxidation sites excluding steroid dienone is 20. The molecule has 0 aromatic heterocycles. The van der Waals surface area contributed by atoms with Crippen molar-refractivity contribution in [1.29, 1.82) is 0 Å². The van der Waals surface area contributed by atoms with Gasteiger partial charge in [0.15, 0.2) is 6.29 Å². The minimum absolute atomic E-state index is 0.106. The molecule has 350 valence electrons. The van der Waals surface area contributed by atoms with Crippen LogP contribution in [0.15, 0.2) is 122 Å². The van der Waals surface area contributed by atoms with Gasteiger partial charge in [-0.25, -0.2) is 0 Å². The molecule has 0 aromatic carbocycles. The summed E-state index contributed by atoms with van der Waals surface area (Å²) in [7, 11) is 0. The SMILES string of the molecule is CC/C=C\C/C=C\C/C=C\C/C=C\C/C=C\C/C=C\C/C=C\CCCCCCOCC(COC1OC(CO)C(O)C(O)C1O)OC(=O)CCCCC/C=C\C/C=C\C/C=C\CC. The molecule has 1 saturated heterocycles. The van der Waals surface area contributed by atoms with Gasteiger partial charge < -0.3 is 39.4 Å². The summed E-state index contributed by atoms with van der Waals surface area (Å²) in [5.74, 6) is -0.359. The van der Waals surface area contributed by atoms with Gasteiger partial charge in [0, 0.05) is 13.0 Å². The van der Waals surface area contributed by atoms with Gasteiger partial charge in [0.25, 0.3) is 0 Å². The van der Waals surface area contributed by atoms with E-state index < -0.39 is 43.4 Å². The maximum Gasteiger partial charge on any atom is 0.306 e. The molecule has 1 rings (SSSR count). The fourth-order valence-corrected chi connectivity index (χ4v) is 6.25. The number of hydrogen-bond acceptors (Lipinski definition) is 9. The summed E-state index contributed by atoms with van der Waals surface area (Å²) in [4.78, 5) is 12.8. The lowest BCUT2D eigenvalue weighted by Crippen LogP contribution is -2.59. The van der Waals surface area contributed by atoms with Gasteiger partial charge in [0.2, 0.25) is 0 Å². The van der Waals surface area contributed by atoms with E-state index in [0.29, 0.717) is 13.0 Å².